The molecule has 4 heteroatoms. The van der Waals surface area contributed by atoms with Crippen LogP contribution in [-0.4, -0.2) is 16.4 Å². The number of para-hydroxylation sites is 2. The van der Waals surface area contributed by atoms with Crippen LogP contribution in [0.4, 0.5) is 0 Å². The molecule has 0 aliphatic carbocycles. The Kier molecular flexibility index (Phi) is 4.15. The molecule has 2 heterocycles. The van der Waals surface area contributed by atoms with Crippen molar-refractivity contribution in [2.24, 2.45) is 0 Å². The molecule has 4 nitrogen and oxygen atoms in total. The van der Waals surface area contributed by atoms with Gasteiger partial charge in [-0.15, -0.1) is 0 Å². The summed E-state index contributed by atoms with van der Waals surface area (Å²) < 4.78 is 2.39. The first-order valence-electron chi connectivity index (χ1n) is 11.1. The fourth-order valence-electron chi connectivity index (χ4n) is 5.14. The average Bonchev–Trinajstić information content (AvgIpc) is 3.14. The summed E-state index contributed by atoms with van der Waals surface area (Å²) in [5.41, 5.74) is 5.36. The second kappa shape index (κ2) is 7.06. The molecule has 2 amide bonds. The number of carbonyl (C=O) groups excluding carboxylic acids is 2. The third kappa shape index (κ3) is 2.56. The molecule has 1 aromatic heterocycles. The Morgan fingerprint density at radius 2 is 1.53 bits per heavy atom. The molecule has 0 unspecified atom stereocenters. The van der Waals surface area contributed by atoms with Crippen molar-refractivity contribution in [3.05, 3.63) is 83.9 Å². The largest absolute Gasteiger partial charge is 0.340 e. The van der Waals surface area contributed by atoms with Gasteiger partial charge in [0, 0.05) is 39.3 Å². The van der Waals surface area contributed by atoms with E-state index in [4.69, 9.17) is 0 Å². The lowest BCUT2D eigenvalue weighted by atomic mass is 9.88. The minimum Gasteiger partial charge on any atom is -0.340 e. The van der Waals surface area contributed by atoms with E-state index in [2.05, 4.69) is 59.3 Å². The number of amides is 2. The van der Waals surface area contributed by atoms with Gasteiger partial charge in [0.05, 0.1) is 11.1 Å². The van der Waals surface area contributed by atoms with E-state index in [1.807, 2.05) is 24.3 Å². The number of unbranched alkanes of at least 4 members (excludes halogenated alkanes) is 1. The van der Waals surface area contributed by atoms with Gasteiger partial charge < -0.3 is 4.57 Å². The molecule has 32 heavy (non-hydrogen) atoms. The molecule has 0 bridgehead atoms. The van der Waals surface area contributed by atoms with E-state index in [0.717, 1.165) is 46.8 Å². The predicted octanol–water partition coefficient (Wildman–Crippen LogP) is 6.30. The fourth-order valence-corrected chi connectivity index (χ4v) is 5.14. The van der Waals surface area contributed by atoms with Crippen molar-refractivity contribution in [2.45, 2.75) is 26.3 Å². The molecular formula is C28H22N2O2. The lowest BCUT2D eigenvalue weighted by Crippen LogP contribution is -2.35. The zero-order valence-electron chi connectivity index (χ0n) is 17.8. The van der Waals surface area contributed by atoms with Crippen molar-refractivity contribution in [3.8, 4) is 11.1 Å². The van der Waals surface area contributed by atoms with Crippen molar-refractivity contribution in [2.75, 3.05) is 0 Å². The lowest BCUT2D eigenvalue weighted by Gasteiger charge is -2.20. The third-order valence-electron chi connectivity index (χ3n) is 6.56. The summed E-state index contributed by atoms with van der Waals surface area (Å²) in [7, 11) is 0. The number of nitrogens with one attached hydrogen (secondary N) is 1. The maximum atomic E-state index is 13.1. The van der Waals surface area contributed by atoms with Gasteiger partial charge >= 0.3 is 0 Å². The van der Waals surface area contributed by atoms with Crippen LogP contribution >= 0.6 is 0 Å². The van der Waals surface area contributed by atoms with Gasteiger partial charge in [-0.25, -0.2) is 0 Å². The van der Waals surface area contributed by atoms with Crippen LogP contribution < -0.4 is 5.32 Å². The van der Waals surface area contributed by atoms with Gasteiger partial charge in [-0.05, 0) is 29.5 Å². The van der Waals surface area contributed by atoms with Gasteiger partial charge in [-0.1, -0.05) is 74.0 Å². The van der Waals surface area contributed by atoms with Gasteiger partial charge in [0.1, 0.15) is 0 Å². The highest BCUT2D eigenvalue weighted by atomic mass is 16.2. The molecule has 0 atom stereocenters. The Hall–Kier alpha value is -3.92. The van der Waals surface area contributed by atoms with Crippen LogP contribution in [0, 0.1) is 0 Å². The van der Waals surface area contributed by atoms with E-state index in [1.54, 1.807) is 6.07 Å². The van der Waals surface area contributed by atoms with Crippen LogP contribution in [0.5, 0.6) is 0 Å². The number of aromatic nitrogens is 1. The van der Waals surface area contributed by atoms with Gasteiger partial charge in [0.15, 0.2) is 0 Å². The summed E-state index contributed by atoms with van der Waals surface area (Å²) >= 11 is 0. The number of benzene rings is 4. The first kappa shape index (κ1) is 18.8. The highest BCUT2D eigenvalue weighted by Gasteiger charge is 2.28. The predicted molar refractivity (Wildman–Crippen MR) is 129 cm³/mol. The third-order valence-corrected chi connectivity index (χ3v) is 6.56. The van der Waals surface area contributed by atoms with E-state index in [1.165, 1.54) is 16.3 Å². The highest BCUT2D eigenvalue weighted by molar-refractivity contribution is 6.28. The first-order valence-corrected chi connectivity index (χ1v) is 11.1. The molecule has 0 saturated heterocycles. The van der Waals surface area contributed by atoms with E-state index < -0.39 is 0 Å². The summed E-state index contributed by atoms with van der Waals surface area (Å²) in [6, 6.07) is 24.4. The molecule has 0 fully saturated rings. The molecule has 156 valence electrons. The second-order valence-electron chi connectivity index (χ2n) is 8.40. The second-order valence-corrected chi connectivity index (χ2v) is 8.40. The molecule has 6 rings (SSSR count). The Labute approximate surface area is 185 Å². The van der Waals surface area contributed by atoms with Crippen LogP contribution in [-0.2, 0) is 6.54 Å². The Morgan fingerprint density at radius 1 is 0.750 bits per heavy atom. The van der Waals surface area contributed by atoms with Crippen LogP contribution in [0.15, 0.2) is 72.8 Å². The number of rotatable bonds is 4. The number of nitrogens with zero attached hydrogens (tertiary/aromatic N) is 1. The summed E-state index contributed by atoms with van der Waals surface area (Å²) in [6.45, 7) is 3.11. The van der Waals surface area contributed by atoms with Gasteiger partial charge in [0.25, 0.3) is 11.8 Å². The van der Waals surface area contributed by atoms with Gasteiger partial charge in [0.2, 0.25) is 0 Å². The monoisotopic (exact) mass is 418 g/mol. The van der Waals surface area contributed by atoms with Gasteiger partial charge in [-0.2, -0.15) is 0 Å². The summed E-state index contributed by atoms with van der Waals surface area (Å²) in [5, 5.41) is 6.59. The first-order chi connectivity index (χ1) is 15.7. The minimum absolute atomic E-state index is 0.331. The van der Waals surface area contributed by atoms with Crippen molar-refractivity contribution < 1.29 is 9.59 Å². The zero-order valence-corrected chi connectivity index (χ0v) is 17.8. The maximum Gasteiger partial charge on any atom is 0.259 e. The van der Waals surface area contributed by atoms with E-state index >= 15 is 0 Å². The number of hydrogen-bond donors (Lipinski definition) is 1. The van der Waals surface area contributed by atoms with Crippen molar-refractivity contribution in [3.63, 3.8) is 0 Å². The zero-order chi connectivity index (χ0) is 21.8. The highest BCUT2D eigenvalue weighted by Crippen LogP contribution is 2.40. The van der Waals surface area contributed by atoms with Crippen LogP contribution in [0.2, 0.25) is 0 Å². The van der Waals surface area contributed by atoms with Crippen LogP contribution in [0.3, 0.4) is 0 Å². The standard InChI is InChI=1S/C28H22N2O2/c1-2-3-16-30-23-13-5-4-9-18(23)20-10-7-11-21(26(20)30)19-15-14-17-8-6-12-22-24(17)25(19)28(32)29-27(22)31/h4-15H,2-3,16H2,1H3,(H,29,31,32). The number of carbonyl (C=O) groups is 2. The van der Waals surface area contributed by atoms with E-state index in [0.29, 0.717) is 11.1 Å². The molecule has 1 N–H and O–H groups in total. The molecule has 0 radical (unpaired) electrons. The molecule has 1 aliphatic heterocycles. The van der Waals surface area contributed by atoms with Crippen LogP contribution in [0.1, 0.15) is 40.5 Å². The maximum absolute atomic E-state index is 13.1. The topological polar surface area (TPSA) is 51.1 Å². The Bertz CT molecular complexity index is 1580. The van der Waals surface area contributed by atoms with Crippen molar-refractivity contribution >= 4 is 44.4 Å². The van der Waals surface area contributed by atoms with Crippen LogP contribution in [0.25, 0.3) is 43.7 Å². The Balaban J connectivity index is 1.75. The van der Waals surface area contributed by atoms with E-state index in [-0.39, 0.29) is 11.8 Å². The molecule has 4 aromatic carbocycles. The SMILES string of the molecule is CCCCn1c2ccccc2c2cccc(-c3ccc4cccc5c4c3C(=O)NC5=O)c21. The number of fused-ring (bicyclic) bond motifs is 3. The summed E-state index contributed by atoms with van der Waals surface area (Å²) in [4.78, 5) is 25.6. The van der Waals surface area contributed by atoms with E-state index in [9.17, 15) is 9.59 Å². The van der Waals surface area contributed by atoms with Crippen molar-refractivity contribution in [1.29, 1.82) is 0 Å². The molecule has 1 aliphatic rings. The molecule has 0 spiro atoms. The number of aryl methyl sites for hydroxylation is 1. The average molecular weight is 418 g/mol. The quantitative estimate of drug-likeness (QED) is 0.348. The Morgan fingerprint density at radius 3 is 2.41 bits per heavy atom. The number of hydrogen-bond acceptors (Lipinski definition) is 2. The minimum atomic E-state index is -0.333. The molecule has 0 saturated carbocycles. The smallest absolute Gasteiger partial charge is 0.259 e. The lowest BCUT2D eigenvalue weighted by molar-refractivity contribution is 0.0845. The number of imide groups is 1. The summed E-state index contributed by atoms with van der Waals surface area (Å²) in [5.74, 6) is -0.664. The fraction of sp³-hybridized carbons (Fsp3) is 0.143. The molecule has 5 aromatic rings. The summed E-state index contributed by atoms with van der Waals surface area (Å²) in [6.07, 6.45) is 2.18. The van der Waals surface area contributed by atoms with Crippen molar-refractivity contribution in [1.82, 2.24) is 9.88 Å². The molecular weight excluding hydrogens is 396 g/mol. The van der Waals surface area contributed by atoms with Gasteiger partial charge in [-0.3, -0.25) is 14.9 Å². The normalized spacial score (nSPS) is 13.3.